The first-order chi connectivity index (χ1) is 7.22. The fourth-order valence-corrected chi connectivity index (χ4v) is 2.60. The maximum atomic E-state index is 5.97. The molecule has 0 N–H and O–H groups in total. The van der Waals surface area contributed by atoms with E-state index in [1.165, 1.54) is 30.5 Å². The Morgan fingerprint density at radius 1 is 1.47 bits per heavy atom. The summed E-state index contributed by atoms with van der Waals surface area (Å²) < 4.78 is 1.10. The van der Waals surface area contributed by atoms with Crippen LogP contribution in [-0.4, -0.2) is 13.1 Å². The molecule has 0 radical (unpaired) electrons. The number of halogens is 2. The molecule has 82 valence electrons. The molecule has 0 aromatic heterocycles. The number of alkyl halides is 1. The van der Waals surface area contributed by atoms with Crippen molar-refractivity contribution in [1.29, 1.82) is 0 Å². The zero-order valence-corrected chi connectivity index (χ0v) is 11.2. The summed E-state index contributed by atoms with van der Waals surface area (Å²) in [6.07, 6.45) is 3.99. The van der Waals surface area contributed by atoms with Crippen molar-refractivity contribution in [2.24, 2.45) is 0 Å². The first-order valence-electron chi connectivity index (χ1n) is 5.29. The van der Waals surface area contributed by atoms with Crippen molar-refractivity contribution < 1.29 is 0 Å². The van der Waals surface area contributed by atoms with E-state index < -0.39 is 0 Å². The van der Waals surface area contributed by atoms with E-state index in [-0.39, 0.29) is 0 Å². The van der Waals surface area contributed by atoms with Gasteiger partial charge in [-0.25, -0.2) is 0 Å². The highest BCUT2D eigenvalue weighted by Crippen LogP contribution is 2.32. The van der Waals surface area contributed by atoms with Gasteiger partial charge in [-0.15, -0.1) is 11.6 Å². The van der Waals surface area contributed by atoms with Gasteiger partial charge in [0.25, 0.3) is 0 Å². The van der Waals surface area contributed by atoms with Gasteiger partial charge in [0.1, 0.15) is 0 Å². The van der Waals surface area contributed by atoms with Crippen LogP contribution in [0, 0.1) is 0 Å². The van der Waals surface area contributed by atoms with Gasteiger partial charge >= 0.3 is 0 Å². The zero-order valence-electron chi connectivity index (χ0n) is 8.84. The quantitative estimate of drug-likeness (QED) is 0.754. The Hall–Kier alpha value is -0.210. The Morgan fingerprint density at radius 3 is 2.73 bits per heavy atom. The maximum absolute atomic E-state index is 5.97. The van der Waals surface area contributed by atoms with E-state index in [0.717, 1.165) is 4.47 Å². The Balaban J connectivity index is 2.25. The van der Waals surface area contributed by atoms with E-state index in [4.69, 9.17) is 11.6 Å². The van der Waals surface area contributed by atoms with Crippen LogP contribution in [0.25, 0.3) is 0 Å². The fourth-order valence-electron chi connectivity index (χ4n) is 1.98. The van der Waals surface area contributed by atoms with Gasteiger partial charge in [-0.2, -0.15) is 0 Å². The normalized spacial score (nSPS) is 16.2. The lowest BCUT2D eigenvalue weighted by Crippen LogP contribution is -2.37. The summed E-state index contributed by atoms with van der Waals surface area (Å²) in [6, 6.07) is 7.06. The Bertz CT molecular complexity index is 349. The highest BCUT2D eigenvalue weighted by Gasteiger charge is 2.23. The van der Waals surface area contributed by atoms with Gasteiger partial charge < -0.3 is 4.90 Å². The van der Waals surface area contributed by atoms with Gasteiger partial charge in [0.15, 0.2) is 0 Å². The van der Waals surface area contributed by atoms with Crippen molar-refractivity contribution in [2.75, 3.05) is 11.9 Å². The van der Waals surface area contributed by atoms with Gasteiger partial charge in [-0.05, 0) is 43.0 Å². The molecule has 0 aliphatic heterocycles. The van der Waals surface area contributed by atoms with Crippen LogP contribution in [0.1, 0.15) is 24.8 Å². The topological polar surface area (TPSA) is 3.24 Å². The predicted octanol–water partition coefficient (Wildman–Crippen LogP) is 4.18. The second kappa shape index (κ2) is 4.75. The zero-order chi connectivity index (χ0) is 10.8. The van der Waals surface area contributed by atoms with Crippen LogP contribution in [0.5, 0.6) is 0 Å². The lowest BCUT2D eigenvalue weighted by Gasteiger charge is -2.37. The summed E-state index contributed by atoms with van der Waals surface area (Å²) in [4.78, 5) is 2.37. The number of rotatable bonds is 3. The van der Waals surface area contributed by atoms with Crippen LogP contribution in [0.3, 0.4) is 0 Å². The van der Waals surface area contributed by atoms with Crippen LogP contribution in [0.2, 0.25) is 0 Å². The number of hydrogen-bond acceptors (Lipinski definition) is 1. The third-order valence-electron chi connectivity index (χ3n) is 3.19. The van der Waals surface area contributed by atoms with Gasteiger partial charge in [0, 0.05) is 29.1 Å². The minimum atomic E-state index is 0.575. The van der Waals surface area contributed by atoms with Crippen molar-refractivity contribution in [3.05, 3.63) is 28.2 Å². The van der Waals surface area contributed by atoms with E-state index in [1.807, 2.05) is 0 Å². The minimum Gasteiger partial charge on any atom is -0.371 e. The van der Waals surface area contributed by atoms with Crippen LogP contribution in [-0.2, 0) is 5.88 Å². The lowest BCUT2D eigenvalue weighted by molar-refractivity contribution is 0.401. The number of nitrogens with zero attached hydrogens (tertiary/aromatic N) is 1. The van der Waals surface area contributed by atoms with Crippen molar-refractivity contribution in [3.63, 3.8) is 0 Å². The first-order valence-corrected chi connectivity index (χ1v) is 6.62. The van der Waals surface area contributed by atoms with Crippen molar-refractivity contribution in [2.45, 2.75) is 31.2 Å². The molecule has 1 aliphatic rings. The van der Waals surface area contributed by atoms with Gasteiger partial charge in [-0.3, -0.25) is 0 Å². The molecule has 1 aliphatic carbocycles. The number of benzene rings is 1. The van der Waals surface area contributed by atoms with Gasteiger partial charge in [0.05, 0.1) is 0 Å². The Kier molecular flexibility index (Phi) is 3.57. The smallest absolute Gasteiger partial charge is 0.0494 e. The van der Waals surface area contributed by atoms with Crippen molar-refractivity contribution in [3.8, 4) is 0 Å². The Labute approximate surface area is 105 Å². The molecule has 1 aromatic rings. The van der Waals surface area contributed by atoms with Crippen LogP contribution < -0.4 is 4.90 Å². The molecular formula is C12H15BrClN. The molecular weight excluding hydrogens is 273 g/mol. The predicted molar refractivity (Wildman–Crippen MR) is 69.7 cm³/mol. The van der Waals surface area contributed by atoms with Crippen LogP contribution in [0.15, 0.2) is 22.7 Å². The molecule has 0 unspecified atom stereocenters. The first kappa shape index (κ1) is 11.3. The molecule has 3 heteroatoms. The molecule has 0 amide bonds. The molecule has 1 fully saturated rings. The fraction of sp³-hybridized carbons (Fsp3) is 0.500. The molecule has 0 spiro atoms. The summed E-state index contributed by atoms with van der Waals surface area (Å²) in [6.45, 7) is 0. The molecule has 0 saturated heterocycles. The average molecular weight is 289 g/mol. The highest BCUT2D eigenvalue weighted by molar-refractivity contribution is 9.10. The number of anilines is 1. The summed E-state index contributed by atoms with van der Waals surface area (Å²) >= 11 is 9.44. The van der Waals surface area contributed by atoms with Gasteiger partial charge in [-0.1, -0.05) is 15.9 Å². The monoisotopic (exact) mass is 287 g/mol. The second-order valence-corrected chi connectivity index (χ2v) is 5.29. The van der Waals surface area contributed by atoms with E-state index in [1.54, 1.807) is 0 Å². The molecule has 0 heterocycles. The molecule has 1 nitrogen and oxygen atoms in total. The third-order valence-corrected chi connectivity index (χ3v) is 3.97. The molecule has 15 heavy (non-hydrogen) atoms. The summed E-state index contributed by atoms with van der Waals surface area (Å²) in [5.41, 5.74) is 2.48. The van der Waals surface area contributed by atoms with Crippen molar-refractivity contribution in [1.82, 2.24) is 0 Å². The lowest BCUT2D eigenvalue weighted by atomic mass is 9.91. The largest absolute Gasteiger partial charge is 0.371 e. The number of hydrogen-bond donors (Lipinski definition) is 0. The van der Waals surface area contributed by atoms with E-state index in [0.29, 0.717) is 11.9 Å². The standard InChI is InChI=1S/C12H15BrClN/c1-15(11-3-2-4-11)12-6-5-10(13)7-9(12)8-14/h5-7,11H,2-4,8H2,1H3. The third kappa shape index (κ3) is 2.31. The summed E-state index contributed by atoms with van der Waals surface area (Å²) in [5, 5.41) is 0. The summed E-state index contributed by atoms with van der Waals surface area (Å²) in [5.74, 6) is 0.575. The molecule has 1 saturated carbocycles. The molecule has 1 aromatic carbocycles. The van der Waals surface area contributed by atoms with Crippen molar-refractivity contribution >= 4 is 33.2 Å². The van der Waals surface area contributed by atoms with Crippen LogP contribution >= 0.6 is 27.5 Å². The molecule has 2 rings (SSSR count). The average Bonchev–Trinajstić information content (AvgIpc) is 2.14. The molecule has 0 atom stereocenters. The SMILES string of the molecule is CN(c1ccc(Br)cc1CCl)C1CCC1. The van der Waals surface area contributed by atoms with Gasteiger partial charge in [0.2, 0.25) is 0 Å². The second-order valence-electron chi connectivity index (χ2n) is 4.10. The minimum absolute atomic E-state index is 0.575. The summed E-state index contributed by atoms with van der Waals surface area (Å²) in [7, 11) is 2.17. The van der Waals surface area contributed by atoms with E-state index >= 15 is 0 Å². The highest BCUT2D eigenvalue weighted by atomic mass is 79.9. The van der Waals surface area contributed by atoms with E-state index in [9.17, 15) is 0 Å². The maximum Gasteiger partial charge on any atom is 0.0494 e. The molecule has 0 bridgehead atoms. The van der Waals surface area contributed by atoms with Crippen LogP contribution in [0.4, 0.5) is 5.69 Å². The van der Waals surface area contributed by atoms with E-state index in [2.05, 4.69) is 46.1 Å². The Morgan fingerprint density at radius 2 is 2.20 bits per heavy atom.